The SMILES string of the molecule is CC(=O)CC(=O)N1CCCN(C)CC1. The highest BCUT2D eigenvalue weighted by atomic mass is 16.2. The normalized spacial score (nSPS) is 19.1. The lowest BCUT2D eigenvalue weighted by atomic mass is 10.2. The standard InChI is InChI=1S/C10H18N2O2/c1-9(13)8-10(14)12-5-3-4-11(2)6-7-12/h3-8H2,1-2H3. The van der Waals surface area contributed by atoms with E-state index in [1.807, 2.05) is 0 Å². The first-order valence-electron chi connectivity index (χ1n) is 5.05. The summed E-state index contributed by atoms with van der Waals surface area (Å²) < 4.78 is 0. The number of rotatable bonds is 2. The Balaban J connectivity index is 2.43. The van der Waals surface area contributed by atoms with Crippen LogP contribution in [-0.2, 0) is 9.59 Å². The first-order chi connectivity index (χ1) is 6.59. The van der Waals surface area contributed by atoms with Crippen LogP contribution in [0, 0.1) is 0 Å². The van der Waals surface area contributed by atoms with Crippen LogP contribution in [0.5, 0.6) is 0 Å². The van der Waals surface area contributed by atoms with Crippen LogP contribution in [0.25, 0.3) is 0 Å². The molecule has 1 aliphatic rings. The zero-order chi connectivity index (χ0) is 10.6. The largest absolute Gasteiger partial charge is 0.341 e. The second-order valence-electron chi connectivity index (χ2n) is 3.92. The van der Waals surface area contributed by atoms with E-state index >= 15 is 0 Å². The maximum absolute atomic E-state index is 11.6. The second-order valence-corrected chi connectivity index (χ2v) is 3.92. The van der Waals surface area contributed by atoms with Crippen LogP contribution in [0.15, 0.2) is 0 Å². The van der Waals surface area contributed by atoms with Gasteiger partial charge in [-0.05, 0) is 26.9 Å². The number of nitrogens with zero attached hydrogens (tertiary/aromatic N) is 2. The molecule has 0 aliphatic carbocycles. The first-order valence-corrected chi connectivity index (χ1v) is 5.05. The fourth-order valence-electron chi connectivity index (χ4n) is 1.62. The van der Waals surface area contributed by atoms with Gasteiger partial charge >= 0.3 is 0 Å². The van der Waals surface area contributed by atoms with E-state index in [0.29, 0.717) is 0 Å². The molecule has 1 amide bonds. The van der Waals surface area contributed by atoms with E-state index in [0.717, 1.165) is 32.6 Å². The fraction of sp³-hybridized carbons (Fsp3) is 0.800. The van der Waals surface area contributed by atoms with Crippen molar-refractivity contribution in [3.63, 3.8) is 0 Å². The van der Waals surface area contributed by atoms with Gasteiger partial charge in [0.05, 0.1) is 6.42 Å². The van der Waals surface area contributed by atoms with Gasteiger partial charge in [0.2, 0.25) is 5.91 Å². The number of Topliss-reactive ketones (excluding diaryl/α,β-unsaturated/α-hetero) is 1. The Labute approximate surface area is 84.9 Å². The molecule has 4 heteroatoms. The van der Waals surface area contributed by atoms with Crippen LogP contribution >= 0.6 is 0 Å². The van der Waals surface area contributed by atoms with Crippen molar-refractivity contribution in [2.24, 2.45) is 0 Å². The molecule has 0 radical (unpaired) electrons. The smallest absolute Gasteiger partial charge is 0.230 e. The van der Waals surface area contributed by atoms with Gasteiger partial charge in [0.25, 0.3) is 0 Å². The van der Waals surface area contributed by atoms with Crippen molar-refractivity contribution >= 4 is 11.7 Å². The van der Waals surface area contributed by atoms with Crippen LogP contribution in [0.4, 0.5) is 0 Å². The third-order valence-corrected chi connectivity index (χ3v) is 2.47. The lowest BCUT2D eigenvalue weighted by Gasteiger charge is -2.19. The van der Waals surface area contributed by atoms with Gasteiger partial charge in [-0.25, -0.2) is 0 Å². The molecule has 1 fully saturated rings. The molecule has 0 aromatic rings. The van der Waals surface area contributed by atoms with E-state index in [1.54, 1.807) is 4.90 Å². The topological polar surface area (TPSA) is 40.6 Å². The summed E-state index contributed by atoms with van der Waals surface area (Å²) in [6.45, 7) is 4.94. The quantitative estimate of drug-likeness (QED) is 0.592. The highest BCUT2D eigenvalue weighted by molar-refractivity contribution is 5.96. The summed E-state index contributed by atoms with van der Waals surface area (Å²) in [5, 5.41) is 0. The maximum atomic E-state index is 11.6. The summed E-state index contributed by atoms with van der Waals surface area (Å²) >= 11 is 0. The van der Waals surface area contributed by atoms with E-state index in [1.165, 1.54) is 6.92 Å². The van der Waals surface area contributed by atoms with E-state index in [4.69, 9.17) is 0 Å². The number of hydrogen-bond acceptors (Lipinski definition) is 3. The van der Waals surface area contributed by atoms with Crippen molar-refractivity contribution in [2.45, 2.75) is 19.8 Å². The van der Waals surface area contributed by atoms with E-state index in [9.17, 15) is 9.59 Å². The lowest BCUT2D eigenvalue weighted by Crippen LogP contribution is -2.35. The van der Waals surface area contributed by atoms with E-state index in [-0.39, 0.29) is 18.1 Å². The number of likely N-dealkylation sites (N-methyl/N-ethyl adjacent to an activating group) is 1. The van der Waals surface area contributed by atoms with Gasteiger partial charge in [0, 0.05) is 19.6 Å². The molecule has 0 aromatic carbocycles. The van der Waals surface area contributed by atoms with Gasteiger partial charge < -0.3 is 9.80 Å². The van der Waals surface area contributed by atoms with Crippen LogP contribution < -0.4 is 0 Å². The molecule has 1 saturated heterocycles. The number of amides is 1. The summed E-state index contributed by atoms with van der Waals surface area (Å²) in [5.41, 5.74) is 0. The van der Waals surface area contributed by atoms with Crippen LogP contribution in [0.2, 0.25) is 0 Å². The average molecular weight is 198 g/mol. The third kappa shape index (κ3) is 3.46. The number of carbonyl (C=O) groups excluding carboxylic acids is 2. The fourth-order valence-corrected chi connectivity index (χ4v) is 1.62. The molecule has 4 nitrogen and oxygen atoms in total. The van der Waals surface area contributed by atoms with Crippen molar-refractivity contribution in [1.82, 2.24) is 9.80 Å². The Morgan fingerprint density at radius 1 is 1.14 bits per heavy atom. The van der Waals surface area contributed by atoms with Gasteiger partial charge in [-0.1, -0.05) is 0 Å². The molecule has 0 unspecified atom stereocenters. The Morgan fingerprint density at radius 3 is 2.50 bits per heavy atom. The van der Waals surface area contributed by atoms with Gasteiger partial charge in [-0.3, -0.25) is 9.59 Å². The van der Waals surface area contributed by atoms with Crippen molar-refractivity contribution in [3.05, 3.63) is 0 Å². The van der Waals surface area contributed by atoms with Crippen molar-refractivity contribution in [3.8, 4) is 0 Å². The van der Waals surface area contributed by atoms with Gasteiger partial charge in [-0.2, -0.15) is 0 Å². The second kappa shape index (κ2) is 5.10. The molecule has 0 bridgehead atoms. The summed E-state index contributed by atoms with van der Waals surface area (Å²) in [6.07, 6.45) is 1.06. The summed E-state index contributed by atoms with van der Waals surface area (Å²) in [6, 6.07) is 0. The van der Waals surface area contributed by atoms with Crippen LogP contribution in [-0.4, -0.2) is 54.7 Å². The van der Waals surface area contributed by atoms with E-state index < -0.39 is 0 Å². The monoisotopic (exact) mass is 198 g/mol. The van der Waals surface area contributed by atoms with Crippen molar-refractivity contribution in [2.75, 3.05) is 33.2 Å². The minimum Gasteiger partial charge on any atom is -0.341 e. The molecule has 80 valence electrons. The highest BCUT2D eigenvalue weighted by Gasteiger charge is 2.17. The Bertz CT molecular complexity index is 228. The third-order valence-electron chi connectivity index (χ3n) is 2.47. The van der Waals surface area contributed by atoms with Gasteiger partial charge in [-0.15, -0.1) is 0 Å². The highest BCUT2D eigenvalue weighted by Crippen LogP contribution is 2.03. The molecule has 1 heterocycles. The Kier molecular flexibility index (Phi) is 4.07. The van der Waals surface area contributed by atoms with Crippen molar-refractivity contribution < 1.29 is 9.59 Å². The molecular weight excluding hydrogens is 180 g/mol. The molecule has 0 spiro atoms. The van der Waals surface area contributed by atoms with Crippen molar-refractivity contribution in [1.29, 1.82) is 0 Å². The summed E-state index contributed by atoms with van der Waals surface area (Å²) in [7, 11) is 2.05. The molecule has 0 atom stereocenters. The predicted octanol–water partition coefficient (Wildman–Crippen LogP) is 0.130. The van der Waals surface area contributed by atoms with Gasteiger partial charge in [0.1, 0.15) is 5.78 Å². The number of ketones is 1. The first kappa shape index (κ1) is 11.2. The molecular formula is C10H18N2O2. The molecule has 1 aliphatic heterocycles. The molecule has 14 heavy (non-hydrogen) atoms. The number of carbonyl (C=O) groups is 2. The number of hydrogen-bond donors (Lipinski definition) is 0. The zero-order valence-corrected chi connectivity index (χ0v) is 8.95. The van der Waals surface area contributed by atoms with E-state index in [2.05, 4.69) is 11.9 Å². The minimum atomic E-state index is -0.0485. The predicted molar refractivity (Wildman–Crippen MR) is 54.0 cm³/mol. The summed E-state index contributed by atoms with van der Waals surface area (Å²) in [4.78, 5) is 26.3. The lowest BCUT2D eigenvalue weighted by molar-refractivity contribution is -0.134. The molecule has 1 rings (SSSR count). The molecule has 0 N–H and O–H groups in total. The average Bonchev–Trinajstić information content (AvgIpc) is 2.28. The summed E-state index contributed by atoms with van der Waals surface area (Å²) in [5.74, 6) is -0.0691. The Hall–Kier alpha value is -0.900. The van der Waals surface area contributed by atoms with Crippen LogP contribution in [0.3, 0.4) is 0 Å². The van der Waals surface area contributed by atoms with Gasteiger partial charge in [0.15, 0.2) is 0 Å². The molecule has 0 saturated carbocycles. The van der Waals surface area contributed by atoms with Crippen LogP contribution in [0.1, 0.15) is 19.8 Å². The Morgan fingerprint density at radius 2 is 1.86 bits per heavy atom. The zero-order valence-electron chi connectivity index (χ0n) is 8.95. The molecule has 0 aromatic heterocycles. The maximum Gasteiger partial charge on any atom is 0.230 e. The minimum absolute atomic E-state index is 0.0206.